The SMILES string of the molecule is C/C=C(\NC(=O)c1cccc(CNC(C)S)n1)C(=O)N[C@@H](CC)C(=O)O. The normalized spacial score (nSPS) is 13.6. The molecule has 26 heavy (non-hydrogen) atoms. The number of aromatic nitrogens is 1. The molecular formula is C17H24N4O4S. The first-order valence-electron chi connectivity index (χ1n) is 8.17. The zero-order valence-corrected chi connectivity index (χ0v) is 15.8. The topological polar surface area (TPSA) is 120 Å². The van der Waals surface area contributed by atoms with E-state index in [1.54, 1.807) is 26.0 Å². The zero-order chi connectivity index (χ0) is 19.7. The second-order valence-electron chi connectivity index (χ2n) is 5.50. The van der Waals surface area contributed by atoms with E-state index in [9.17, 15) is 14.4 Å². The largest absolute Gasteiger partial charge is 0.480 e. The summed E-state index contributed by atoms with van der Waals surface area (Å²) < 4.78 is 0. The number of amides is 2. The smallest absolute Gasteiger partial charge is 0.326 e. The maximum Gasteiger partial charge on any atom is 0.326 e. The highest BCUT2D eigenvalue weighted by Crippen LogP contribution is 2.03. The Bertz CT molecular complexity index is 691. The fraction of sp³-hybridized carbons (Fsp3) is 0.412. The molecule has 2 amide bonds. The molecule has 142 valence electrons. The molecule has 0 saturated heterocycles. The van der Waals surface area contributed by atoms with Gasteiger partial charge in [0.05, 0.1) is 5.69 Å². The molecule has 1 heterocycles. The Morgan fingerprint density at radius 2 is 2.04 bits per heavy atom. The first kappa shape index (κ1) is 21.7. The third-order valence-corrected chi connectivity index (χ3v) is 3.59. The summed E-state index contributed by atoms with van der Waals surface area (Å²) in [5.74, 6) is -2.36. The van der Waals surface area contributed by atoms with Gasteiger partial charge in [0.2, 0.25) is 0 Å². The van der Waals surface area contributed by atoms with Crippen LogP contribution in [0, 0.1) is 0 Å². The highest BCUT2D eigenvalue weighted by atomic mass is 32.1. The molecule has 0 radical (unpaired) electrons. The number of carboxylic acid groups (broad SMARTS) is 1. The lowest BCUT2D eigenvalue weighted by Gasteiger charge is -2.15. The van der Waals surface area contributed by atoms with E-state index in [4.69, 9.17) is 5.11 Å². The van der Waals surface area contributed by atoms with Gasteiger partial charge in [-0.15, -0.1) is 0 Å². The molecule has 1 unspecified atom stereocenters. The number of carbonyl (C=O) groups is 3. The number of rotatable bonds is 9. The number of thiol groups is 1. The third kappa shape index (κ3) is 6.85. The predicted molar refractivity (Wildman–Crippen MR) is 101 cm³/mol. The number of allylic oxidation sites excluding steroid dienone is 1. The van der Waals surface area contributed by atoms with Crippen molar-refractivity contribution in [1.82, 2.24) is 20.9 Å². The Morgan fingerprint density at radius 3 is 2.58 bits per heavy atom. The Hall–Kier alpha value is -2.39. The molecule has 1 aromatic heterocycles. The third-order valence-electron chi connectivity index (χ3n) is 3.41. The molecule has 1 aromatic rings. The van der Waals surface area contributed by atoms with E-state index in [2.05, 4.69) is 33.6 Å². The molecular weight excluding hydrogens is 356 g/mol. The summed E-state index contributed by atoms with van der Waals surface area (Å²) in [4.78, 5) is 39.8. The standard InChI is InChI=1S/C17H24N4O4S/c1-4-12(15(22)21-13(5-2)17(24)25)20-16(23)14-8-6-7-11(19-14)9-18-10(3)26/h4,6-8,10,13,18,26H,5,9H2,1-3H3,(H,20,23)(H,21,22)(H,24,25)/b12-4-/t10?,13-/m0/s1. The number of aliphatic carboxylic acids is 1. The molecule has 0 fully saturated rings. The van der Waals surface area contributed by atoms with Crippen LogP contribution in [0.1, 0.15) is 43.4 Å². The highest BCUT2D eigenvalue weighted by Gasteiger charge is 2.21. The molecule has 0 bridgehead atoms. The minimum Gasteiger partial charge on any atom is -0.480 e. The van der Waals surface area contributed by atoms with Crippen molar-refractivity contribution in [3.8, 4) is 0 Å². The van der Waals surface area contributed by atoms with Crippen LogP contribution in [0.2, 0.25) is 0 Å². The molecule has 4 N–H and O–H groups in total. The second-order valence-corrected chi connectivity index (χ2v) is 6.27. The van der Waals surface area contributed by atoms with Crippen LogP contribution in [0.3, 0.4) is 0 Å². The fourth-order valence-electron chi connectivity index (χ4n) is 1.98. The summed E-state index contributed by atoms with van der Waals surface area (Å²) in [6.07, 6.45) is 1.63. The quantitative estimate of drug-likeness (QED) is 0.248. The highest BCUT2D eigenvalue weighted by molar-refractivity contribution is 7.80. The lowest BCUT2D eigenvalue weighted by Crippen LogP contribution is -2.44. The van der Waals surface area contributed by atoms with Gasteiger partial charge in [0.25, 0.3) is 11.8 Å². The Balaban J connectivity index is 2.79. The van der Waals surface area contributed by atoms with Crippen molar-refractivity contribution in [3.05, 3.63) is 41.4 Å². The molecule has 0 aliphatic rings. The lowest BCUT2D eigenvalue weighted by molar-refractivity contribution is -0.141. The summed E-state index contributed by atoms with van der Waals surface area (Å²) in [5.41, 5.74) is 0.763. The molecule has 0 saturated carbocycles. The van der Waals surface area contributed by atoms with E-state index in [1.165, 1.54) is 12.1 Å². The van der Waals surface area contributed by atoms with Crippen LogP contribution >= 0.6 is 12.6 Å². The average Bonchev–Trinajstić information content (AvgIpc) is 2.61. The van der Waals surface area contributed by atoms with Crippen molar-refractivity contribution in [2.75, 3.05) is 0 Å². The van der Waals surface area contributed by atoms with Crippen LogP contribution in [0.15, 0.2) is 30.0 Å². The maximum atomic E-state index is 12.4. The van der Waals surface area contributed by atoms with Gasteiger partial charge in [-0.25, -0.2) is 9.78 Å². The number of pyridine rings is 1. The first-order valence-corrected chi connectivity index (χ1v) is 8.68. The monoisotopic (exact) mass is 380 g/mol. The zero-order valence-electron chi connectivity index (χ0n) is 14.9. The summed E-state index contributed by atoms with van der Waals surface area (Å²) in [6, 6.07) is 3.96. The summed E-state index contributed by atoms with van der Waals surface area (Å²) in [5, 5.41) is 16.9. The average molecular weight is 380 g/mol. The number of nitrogens with one attached hydrogen (secondary N) is 3. The van der Waals surface area contributed by atoms with Gasteiger partial charge in [0.15, 0.2) is 0 Å². The van der Waals surface area contributed by atoms with Gasteiger partial charge >= 0.3 is 5.97 Å². The van der Waals surface area contributed by atoms with Crippen molar-refractivity contribution in [2.24, 2.45) is 0 Å². The van der Waals surface area contributed by atoms with Crippen molar-refractivity contribution in [1.29, 1.82) is 0 Å². The summed E-state index contributed by atoms with van der Waals surface area (Å²) in [6.45, 7) is 5.53. The van der Waals surface area contributed by atoms with Gasteiger partial charge in [-0.2, -0.15) is 12.6 Å². The van der Waals surface area contributed by atoms with E-state index in [0.717, 1.165) is 0 Å². The Kier molecular flexibility index (Phi) is 8.80. The molecule has 0 aliphatic heterocycles. The Morgan fingerprint density at radius 1 is 1.35 bits per heavy atom. The van der Waals surface area contributed by atoms with Crippen LogP contribution in [-0.4, -0.2) is 39.3 Å². The van der Waals surface area contributed by atoms with Gasteiger partial charge in [0.1, 0.15) is 17.4 Å². The van der Waals surface area contributed by atoms with Crippen molar-refractivity contribution < 1.29 is 19.5 Å². The maximum absolute atomic E-state index is 12.4. The van der Waals surface area contributed by atoms with Crippen molar-refractivity contribution in [2.45, 2.75) is 45.2 Å². The van der Waals surface area contributed by atoms with Gasteiger partial charge in [-0.05, 0) is 32.4 Å². The van der Waals surface area contributed by atoms with Crippen LogP contribution < -0.4 is 16.0 Å². The van der Waals surface area contributed by atoms with Gasteiger partial charge in [-0.1, -0.05) is 19.1 Å². The van der Waals surface area contributed by atoms with Crippen LogP contribution in [0.5, 0.6) is 0 Å². The van der Waals surface area contributed by atoms with Crippen LogP contribution in [0.4, 0.5) is 0 Å². The molecule has 1 rings (SSSR count). The molecule has 0 spiro atoms. The predicted octanol–water partition coefficient (Wildman–Crippen LogP) is 1.06. The van der Waals surface area contributed by atoms with Gasteiger partial charge < -0.3 is 21.1 Å². The number of carboxylic acids is 1. The molecule has 9 heteroatoms. The van der Waals surface area contributed by atoms with E-state index >= 15 is 0 Å². The number of hydrogen-bond acceptors (Lipinski definition) is 6. The van der Waals surface area contributed by atoms with E-state index in [1.807, 2.05) is 6.92 Å². The first-order chi connectivity index (χ1) is 12.3. The summed E-state index contributed by atoms with van der Waals surface area (Å²) >= 11 is 4.21. The molecule has 0 aliphatic carbocycles. The van der Waals surface area contributed by atoms with E-state index in [0.29, 0.717) is 12.2 Å². The summed E-state index contributed by atoms with van der Waals surface area (Å²) in [7, 11) is 0. The van der Waals surface area contributed by atoms with E-state index in [-0.39, 0.29) is 23.2 Å². The minimum atomic E-state index is -1.14. The Labute approximate surface area is 157 Å². The molecule has 8 nitrogen and oxygen atoms in total. The fourth-order valence-corrected chi connectivity index (χ4v) is 2.07. The van der Waals surface area contributed by atoms with E-state index < -0.39 is 23.8 Å². The van der Waals surface area contributed by atoms with Crippen molar-refractivity contribution in [3.63, 3.8) is 0 Å². The van der Waals surface area contributed by atoms with Crippen LogP contribution in [-0.2, 0) is 16.1 Å². The second kappa shape index (κ2) is 10.6. The molecule has 2 atom stereocenters. The number of carbonyl (C=O) groups excluding carboxylic acids is 2. The van der Waals surface area contributed by atoms with Crippen molar-refractivity contribution >= 4 is 30.4 Å². The minimum absolute atomic E-state index is 0.0200. The number of hydrogen-bond donors (Lipinski definition) is 5. The number of nitrogens with zero attached hydrogens (tertiary/aromatic N) is 1. The van der Waals surface area contributed by atoms with Gasteiger partial charge in [-0.3, -0.25) is 9.59 Å². The van der Waals surface area contributed by atoms with Crippen LogP contribution in [0.25, 0.3) is 0 Å². The molecule has 0 aromatic carbocycles. The van der Waals surface area contributed by atoms with Gasteiger partial charge in [0, 0.05) is 11.9 Å². The lowest BCUT2D eigenvalue weighted by atomic mass is 10.2.